The summed E-state index contributed by atoms with van der Waals surface area (Å²) in [5, 5.41) is 3.79. The first-order valence-electron chi connectivity index (χ1n) is 7.52. The molecule has 0 spiro atoms. The lowest BCUT2D eigenvalue weighted by Gasteiger charge is -2.34. The summed E-state index contributed by atoms with van der Waals surface area (Å²) in [7, 11) is 0. The average Bonchev–Trinajstić information content (AvgIpc) is 2.94. The second-order valence-corrected chi connectivity index (χ2v) is 5.88. The van der Waals surface area contributed by atoms with Gasteiger partial charge in [-0.15, -0.1) is 0 Å². The average molecular weight is 231 g/mol. The van der Waals surface area contributed by atoms with Crippen LogP contribution in [0.15, 0.2) is 22.8 Å². The van der Waals surface area contributed by atoms with Crippen LogP contribution < -0.4 is 5.32 Å². The van der Waals surface area contributed by atoms with Crippen molar-refractivity contribution in [2.24, 2.45) is 11.8 Å². The molecule has 3 atom stereocenters. The molecule has 17 heavy (non-hydrogen) atoms. The first-order chi connectivity index (χ1) is 8.35. The molecule has 0 aromatic carbocycles. The second kappa shape index (κ2) is 4.61. The fourth-order valence-electron chi connectivity index (χ4n) is 4.29. The van der Waals surface area contributed by atoms with Crippen molar-refractivity contribution in [2.45, 2.75) is 58.4 Å². The van der Waals surface area contributed by atoms with Crippen LogP contribution in [0.3, 0.4) is 0 Å². The van der Waals surface area contributed by atoms with E-state index < -0.39 is 0 Å². The molecule has 3 aliphatic carbocycles. The Kier molecular flexibility index (Phi) is 3.12. The molecular formula is C16H25N. The largest absolute Gasteiger partial charge is 0.310 e. The SMILES string of the molecule is CCNC1C2=C(C=C3CCC[C@@H]31)CC[C@H]2CC. The summed E-state index contributed by atoms with van der Waals surface area (Å²) < 4.78 is 0. The van der Waals surface area contributed by atoms with Crippen LogP contribution in [0.4, 0.5) is 0 Å². The minimum absolute atomic E-state index is 0.685. The fraction of sp³-hybridized carbons (Fsp3) is 0.750. The number of rotatable bonds is 3. The van der Waals surface area contributed by atoms with Crippen molar-refractivity contribution in [1.82, 2.24) is 5.32 Å². The highest BCUT2D eigenvalue weighted by Gasteiger charge is 2.39. The van der Waals surface area contributed by atoms with Crippen LogP contribution in [0.5, 0.6) is 0 Å². The molecule has 0 saturated heterocycles. The highest BCUT2D eigenvalue weighted by atomic mass is 14.9. The summed E-state index contributed by atoms with van der Waals surface area (Å²) in [5.74, 6) is 1.70. The van der Waals surface area contributed by atoms with E-state index in [9.17, 15) is 0 Å². The summed E-state index contributed by atoms with van der Waals surface area (Å²) in [5.41, 5.74) is 5.26. The van der Waals surface area contributed by atoms with E-state index in [-0.39, 0.29) is 0 Å². The van der Waals surface area contributed by atoms with Gasteiger partial charge in [0.15, 0.2) is 0 Å². The molecule has 1 nitrogen and oxygen atoms in total. The molecule has 0 radical (unpaired) electrons. The monoisotopic (exact) mass is 231 g/mol. The Morgan fingerprint density at radius 2 is 2.12 bits per heavy atom. The Morgan fingerprint density at radius 3 is 2.88 bits per heavy atom. The smallest absolute Gasteiger partial charge is 0.0353 e. The lowest BCUT2D eigenvalue weighted by atomic mass is 9.78. The van der Waals surface area contributed by atoms with E-state index in [0.29, 0.717) is 6.04 Å². The Hall–Kier alpha value is -0.560. The predicted molar refractivity (Wildman–Crippen MR) is 72.9 cm³/mol. The Labute approximate surface area is 105 Å². The van der Waals surface area contributed by atoms with Crippen LogP contribution in [0.1, 0.15) is 52.4 Å². The summed E-state index contributed by atoms with van der Waals surface area (Å²) in [4.78, 5) is 0. The van der Waals surface area contributed by atoms with Gasteiger partial charge in [-0.25, -0.2) is 0 Å². The van der Waals surface area contributed by atoms with Crippen molar-refractivity contribution in [2.75, 3.05) is 6.54 Å². The summed E-state index contributed by atoms with van der Waals surface area (Å²) in [6.45, 7) is 5.72. The van der Waals surface area contributed by atoms with Crippen LogP contribution >= 0.6 is 0 Å². The van der Waals surface area contributed by atoms with Gasteiger partial charge in [0, 0.05) is 6.04 Å². The minimum atomic E-state index is 0.685. The van der Waals surface area contributed by atoms with E-state index in [1.807, 2.05) is 0 Å². The normalized spacial score (nSPS) is 35.9. The molecule has 1 fully saturated rings. The van der Waals surface area contributed by atoms with Crippen LogP contribution in [-0.4, -0.2) is 12.6 Å². The number of allylic oxidation sites excluding steroid dienone is 2. The van der Waals surface area contributed by atoms with Gasteiger partial charge in [-0.1, -0.05) is 25.5 Å². The van der Waals surface area contributed by atoms with Crippen molar-refractivity contribution in [3.05, 3.63) is 22.8 Å². The van der Waals surface area contributed by atoms with Crippen molar-refractivity contribution >= 4 is 0 Å². The zero-order valence-corrected chi connectivity index (χ0v) is 11.3. The van der Waals surface area contributed by atoms with Gasteiger partial charge in [-0.05, 0) is 68.1 Å². The standard InChI is InChI=1S/C16H25N/c1-3-11-8-9-13-10-12-6-5-7-14(12)16(15(11)13)17-4-2/h10-11,14,16-17H,3-9H2,1-2H3/t11-,14+,16?/m1/s1. The predicted octanol–water partition coefficient (Wildman–Crippen LogP) is 3.82. The molecule has 1 saturated carbocycles. The highest BCUT2D eigenvalue weighted by Crippen LogP contribution is 2.48. The molecule has 1 unspecified atom stereocenters. The lowest BCUT2D eigenvalue weighted by molar-refractivity contribution is 0.408. The molecule has 0 amide bonds. The topological polar surface area (TPSA) is 12.0 Å². The van der Waals surface area contributed by atoms with E-state index in [1.165, 1.54) is 38.5 Å². The third kappa shape index (κ3) is 1.79. The molecule has 94 valence electrons. The van der Waals surface area contributed by atoms with Gasteiger partial charge in [0.05, 0.1) is 0 Å². The zero-order chi connectivity index (χ0) is 11.8. The summed E-state index contributed by atoms with van der Waals surface area (Å²) >= 11 is 0. The number of hydrogen-bond donors (Lipinski definition) is 1. The van der Waals surface area contributed by atoms with Gasteiger partial charge in [-0.3, -0.25) is 0 Å². The van der Waals surface area contributed by atoms with Crippen LogP contribution in [-0.2, 0) is 0 Å². The number of likely N-dealkylation sites (N-methyl/N-ethyl adjacent to an activating group) is 1. The Bertz CT molecular complexity index is 364. The summed E-state index contributed by atoms with van der Waals surface area (Å²) in [6, 6.07) is 0.685. The molecule has 3 aliphatic rings. The van der Waals surface area contributed by atoms with E-state index >= 15 is 0 Å². The van der Waals surface area contributed by atoms with E-state index in [0.717, 1.165) is 18.4 Å². The third-order valence-electron chi connectivity index (χ3n) is 5.04. The van der Waals surface area contributed by atoms with Crippen molar-refractivity contribution in [3.8, 4) is 0 Å². The van der Waals surface area contributed by atoms with Gasteiger partial charge in [0.2, 0.25) is 0 Å². The number of fused-ring (bicyclic) bond motifs is 1. The molecule has 3 rings (SSSR count). The molecule has 1 N–H and O–H groups in total. The Balaban J connectivity index is 1.96. The molecular weight excluding hydrogens is 206 g/mol. The maximum Gasteiger partial charge on any atom is 0.0353 e. The van der Waals surface area contributed by atoms with Gasteiger partial charge in [0.25, 0.3) is 0 Å². The van der Waals surface area contributed by atoms with Gasteiger partial charge in [0.1, 0.15) is 0 Å². The van der Waals surface area contributed by atoms with Crippen LogP contribution in [0.2, 0.25) is 0 Å². The van der Waals surface area contributed by atoms with E-state index in [4.69, 9.17) is 0 Å². The zero-order valence-electron chi connectivity index (χ0n) is 11.3. The molecule has 0 aromatic rings. The van der Waals surface area contributed by atoms with Gasteiger partial charge in [-0.2, -0.15) is 0 Å². The third-order valence-corrected chi connectivity index (χ3v) is 5.04. The first-order valence-corrected chi connectivity index (χ1v) is 7.52. The Morgan fingerprint density at radius 1 is 1.24 bits per heavy atom. The maximum atomic E-state index is 3.79. The van der Waals surface area contributed by atoms with Crippen LogP contribution in [0.25, 0.3) is 0 Å². The molecule has 0 aromatic heterocycles. The van der Waals surface area contributed by atoms with Gasteiger partial charge < -0.3 is 5.32 Å². The van der Waals surface area contributed by atoms with Crippen LogP contribution in [0, 0.1) is 11.8 Å². The highest BCUT2D eigenvalue weighted by molar-refractivity contribution is 5.44. The molecule has 0 aliphatic heterocycles. The van der Waals surface area contributed by atoms with E-state index in [2.05, 4.69) is 25.2 Å². The van der Waals surface area contributed by atoms with Crippen molar-refractivity contribution < 1.29 is 0 Å². The number of nitrogens with one attached hydrogen (secondary N) is 1. The van der Waals surface area contributed by atoms with Gasteiger partial charge >= 0.3 is 0 Å². The quantitative estimate of drug-likeness (QED) is 0.778. The van der Waals surface area contributed by atoms with E-state index in [1.54, 1.807) is 16.7 Å². The summed E-state index contributed by atoms with van der Waals surface area (Å²) in [6.07, 6.45) is 10.8. The fourth-order valence-corrected chi connectivity index (χ4v) is 4.29. The molecule has 1 heteroatoms. The van der Waals surface area contributed by atoms with Crippen molar-refractivity contribution in [3.63, 3.8) is 0 Å². The number of hydrogen-bond acceptors (Lipinski definition) is 1. The lowest BCUT2D eigenvalue weighted by Crippen LogP contribution is -2.40. The molecule has 0 heterocycles. The molecule has 0 bridgehead atoms. The first kappa shape index (κ1) is 11.5. The maximum absolute atomic E-state index is 3.79. The second-order valence-electron chi connectivity index (χ2n) is 5.88. The minimum Gasteiger partial charge on any atom is -0.310 e. The van der Waals surface area contributed by atoms with Crippen molar-refractivity contribution in [1.29, 1.82) is 0 Å².